The summed E-state index contributed by atoms with van der Waals surface area (Å²) in [6, 6.07) is 11.1. The van der Waals surface area contributed by atoms with Crippen molar-refractivity contribution in [2.45, 2.75) is 26.7 Å². The van der Waals surface area contributed by atoms with E-state index in [2.05, 4.69) is 10.2 Å². The van der Waals surface area contributed by atoms with Crippen molar-refractivity contribution in [2.75, 3.05) is 7.05 Å². The van der Waals surface area contributed by atoms with E-state index < -0.39 is 0 Å². The van der Waals surface area contributed by atoms with E-state index in [4.69, 9.17) is 16.3 Å². The zero-order valence-corrected chi connectivity index (χ0v) is 15.4. The quantitative estimate of drug-likeness (QED) is 0.638. The average molecular weight is 374 g/mol. The van der Waals surface area contributed by atoms with E-state index in [-0.39, 0.29) is 12.6 Å². The minimum Gasteiger partial charge on any atom is -0.471 e. The van der Waals surface area contributed by atoms with Gasteiger partial charge in [0.15, 0.2) is 12.4 Å². The molecule has 0 aliphatic carbocycles. The molecule has 2 aromatic heterocycles. The molecule has 0 radical (unpaired) electrons. The summed E-state index contributed by atoms with van der Waals surface area (Å²) < 4.78 is 8.98. The fourth-order valence-corrected chi connectivity index (χ4v) is 2.72. The number of aromatic nitrogens is 4. The van der Waals surface area contributed by atoms with Crippen LogP contribution in [0.3, 0.4) is 0 Å². The lowest BCUT2D eigenvalue weighted by molar-refractivity contribution is 0.0773. The summed E-state index contributed by atoms with van der Waals surface area (Å²) in [5.41, 5.74) is 1.15. The van der Waals surface area contributed by atoms with Gasteiger partial charge in [0.1, 0.15) is 5.75 Å². The van der Waals surface area contributed by atoms with Crippen LogP contribution in [0.2, 0.25) is 5.02 Å². The van der Waals surface area contributed by atoms with Crippen LogP contribution >= 0.6 is 11.6 Å². The number of carbonyl (C=O) groups excluding carboxylic acids is 1. The first-order valence-electron chi connectivity index (χ1n) is 8.25. The van der Waals surface area contributed by atoms with Gasteiger partial charge in [-0.05, 0) is 25.1 Å². The Bertz CT molecular complexity index is 875. The molecule has 0 N–H and O–H groups in total. The number of halogens is 1. The molecule has 136 valence electrons. The van der Waals surface area contributed by atoms with Gasteiger partial charge in [0, 0.05) is 19.8 Å². The summed E-state index contributed by atoms with van der Waals surface area (Å²) in [4.78, 5) is 14.2. The van der Waals surface area contributed by atoms with Crippen molar-refractivity contribution in [3.8, 4) is 5.75 Å². The summed E-state index contributed by atoms with van der Waals surface area (Å²) in [5.74, 6) is 0.554. The maximum absolute atomic E-state index is 12.6. The molecular formula is C18H20ClN5O2. The van der Waals surface area contributed by atoms with Crippen LogP contribution in [-0.4, -0.2) is 37.4 Å². The van der Waals surface area contributed by atoms with Gasteiger partial charge in [0.05, 0.1) is 23.5 Å². The molecule has 3 rings (SSSR count). The Morgan fingerprint density at radius 1 is 1.27 bits per heavy atom. The summed E-state index contributed by atoms with van der Waals surface area (Å²) in [7, 11) is 1.71. The maximum Gasteiger partial charge on any atom is 0.274 e. The molecule has 0 fully saturated rings. The van der Waals surface area contributed by atoms with E-state index in [0.717, 1.165) is 11.4 Å². The van der Waals surface area contributed by atoms with Gasteiger partial charge < -0.3 is 9.64 Å². The minimum absolute atomic E-state index is 0.191. The number of ether oxygens (including phenoxy) is 1. The lowest BCUT2D eigenvalue weighted by Crippen LogP contribution is -2.28. The molecule has 0 aliphatic heterocycles. The smallest absolute Gasteiger partial charge is 0.274 e. The third-order valence-corrected chi connectivity index (χ3v) is 4.21. The van der Waals surface area contributed by atoms with Crippen molar-refractivity contribution < 1.29 is 9.53 Å². The number of hydrogen-bond donors (Lipinski definition) is 0. The van der Waals surface area contributed by atoms with Crippen molar-refractivity contribution in [2.24, 2.45) is 0 Å². The Labute approximate surface area is 156 Å². The molecule has 0 atom stereocenters. The van der Waals surface area contributed by atoms with E-state index in [1.54, 1.807) is 39.8 Å². The Morgan fingerprint density at radius 3 is 2.77 bits per heavy atom. The molecule has 0 saturated carbocycles. The van der Waals surface area contributed by atoms with Crippen LogP contribution in [0.15, 0.2) is 48.8 Å². The van der Waals surface area contributed by atoms with Crippen molar-refractivity contribution in [1.29, 1.82) is 0 Å². The highest BCUT2D eigenvalue weighted by molar-refractivity contribution is 6.31. The minimum atomic E-state index is -0.191. The van der Waals surface area contributed by atoms with E-state index in [9.17, 15) is 4.79 Å². The predicted molar refractivity (Wildman–Crippen MR) is 98.0 cm³/mol. The first-order chi connectivity index (χ1) is 12.6. The molecule has 2 heterocycles. The van der Waals surface area contributed by atoms with Crippen molar-refractivity contribution in [3.05, 3.63) is 65.2 Å². The third-order valence-electron chi connectivity index (χ3n) is 3.90. The van der Waals surface area contributed by atoms with Gasteiger partial charge in [0.2, 0.25) is 0 Å². The van der Waals surface area contributed by atoms with Crippen LogP contribution in [0, 0.1) is 0 Å². The number of benzene rings is 1. The number of carbonyl (C=O) groups is 1. The Kier molecular flexibility index (Phi) is 5.58. The third kappa shape index (κ3) is 4.05. The van der Waals surface area contributed by atoms with Gasteiger partial charge in [-0.1, -0.05) is 29.8 Å². The number of nitrogens with zero attached hydrogens (tertiary/aromatic N) is 5. The SMILES string of the molecule is CCn1ncc(Cl)c1CN(C)C(=O)c1ccn(COc2ccccc2)n1. The average Bonchev–Trinajstić information content (AvgIpc) is 3.27. The van der Waals surface area contributed by atoms with Crippen LogP contribution < -0.4 is 4.74 Å². The highest BCUT2D eigenvalue weighted by atomic mass is 35.5. The van der Waals surface area contributed by atoms with E-state index in [0.29, 0.717) is 23.8 Å². The summed E-state index contributed by atoms with van der Waals surface area (Å²) in [6.07, 6.45) is 3.31. The van der Waals surface area contributed by atoms with Crippen LogP contribution in [-0.2, 0) is 19.8 Å². The fourth-order valence-electron chi connectivity index (χ4n) is 2.51. The monoisotopic (exact) mass is 373 g/mol. The standard InChI is InChI=1S/C18H20ClN5O2/c1-3-24-17(15(19)11-20-24)12-22(2)18(25)16-9-10-23(21-16)13-26-14-7-5-4-6-8-14/h4-11H,3,12-13H2,1-2H3. The van der Waals surface area contributed by atoms with E-state index >= 15 is 0 Å². The van der Waals surface area contributed by atoms with Crippen LogP contribution in [0.25, 0.3) is 0 Å². The van der Waals surface area contributed by atoms with Gasteiger partial charge in [-0.15, -0.1) is 0 Å². The van der Waals surface area contributed by atoms with Crippen LogP contribution in [0.1, 0.15) is 23.1 Å². The second-order valence-electron chi connectivity index (χ2n) is 5.74. The number of amides is 1. The molecule has 0 bridgehead atoms. The number of hydrogen-bond acceptors (Lipinski definition) is 4. The number of para-hydroxylation sites is 1. The molecule has 26 heavy (non-hydrogen) atoms. The highest BCUT2D eigenvalue weighted by Crippen LogP contribution is 2.17. The fraction of sp³-hybridized carbons (Fsp3) is 0.278. The molecule has 3 aromatic rings. The molecular weight excluding hydrogens is 354 g/mol. The highest BCUT2D eigenvalue weighted by Gasteiger charge is 2.18. The van der Waals surface area contributed by atoms with Crippen LogP contribution in [0.5, 0.6) is 5.75 Å². The second kappa shape index (κ2) is 8.05. The molecule has 0 saturated heterocycles. The lowest BCUT2D eigenvalue weighted by Gasteiger charge is -2.17. The molecule has 0 aliphatic rings. The van der Waals surface area contributed by atoms with E-state index in [1.165, 1.54) is 0 Å². The molecule has 1 amide bonds. The molecule has 8 heteroatoms. The first kappa shape index (κ1) is 18.0. The van der Waals surface area contributed by atoms with Gasteiger partial charge in [0.25, 0.3) is 5.91 Å². The number of aryl methyl sites for hydroxylation is 1. The van der Waals surface area contributed by atoms with Gasteiger partial charge in [-0.2, -0.15) is 10.2 Å². The van der Waals surface area contributed by atoms with Gasteiger partial charge in [-0.25, -0.2) is 4.68 Å². The Hall–Kier alpha value is -2.80. The summed E-state index contributed by atoms with van der Waals surface area (Å²) >= 11 is 6.16. The second-order valence-corrected chi connectivity index (χ2v) is 6.15. The lowest BCUT2D eigenvalue weighted by atomic mass is 10.3. The molecule has 7 nitrogen and oxygen atoms in total. The topological polar surface area (TPSA) is 65.2 Å². The van der Waals surface area contributed by atoms with Gasteiger partial charge >= 0.3 is 0 Å². The number of rotatable bonds is 7. The van der Waals surface area contributed by atoms with Crippen LogP contribution in [0.4, 0.5) is 0 Å². The first-order valence-corrected chi connectivity index (χ1v) is 8.63. The molecule has 1 aromatic carbocycles. The van der Waals surface area contributed by atoms with Crippen molar-refractivity contribution in [3.63, 3.8) is 0 Å². The summed E-state index contributed by atoms with van der Waals surface area (Å²) in [5, 5.41) is 9.02. The zero-order valence-electron chi connectivity index (χ0n) is 14.7. The Morgan fingerprint density at radius 2 is 2.04 bits per heavy atom. The predicted octanol–water partition coefficient (Wildman–Crippen LogP) is 3.06. The van der Waals surface area contributed by atoms with E-state index in [1.807, 2.05) is 37.3 Å². The zero-order chi connectivity index (χ0) is 18.5. The normalized spacial score (nSPS) is 10.7. The maximum atomic E-state index is 12.6. The summed E-state index contributed by atoms with van der Waals surface area (Å²) in [6.45, 7) is 3.26. The van der Waals surface area contributed by atoms with Crippen molar-refractivity contribution >= 4 is 17.5 Å². The Balaban J connectivity index is 1.62. The molecule has 0 unspecified atom stereocenters. The van der Waals surface area contributed by atoms with Gasteiger partial charge in [-0.3, -0.25) is 9.48 Å². The molecule has 0 spiro atoms. The largest absolute Gasteiger partial charge is 0.471 e. The van der Waals surface area contributed by atoms with Crippen molar-refractivity contribution in [1.82, 2.24) is 24.5 Å².